The minimum Gasteiger partial charge on any atom is -0.396 e. The van der Waals surface area contributed by atoms with E-state index in [2.05, 4.69) is 71.7 Å². The number of benzene rings is 3. The zero-order valence-corrected chi connectivity index (χ0v) is 19.2. The van der Waals surface area contributed by atoms with Gasteiger partial charge in [-0.1, -0.05) is 72.8 Å². The van der Waals surface area contributed by atoms with Crippen molar-refractivity contribution in [3.8, 4) is 0 Å². The number of anilines is 1. The van der Waals surface area contributed by atoms with Gasteiger partial charge in [-0.3, -0.25) is 9.69 Å². The molecule has 2 N–H and O–H groups in total. The number of carbonyl (C=O) groups is 1. The topological polar surface area (TPSA) is 52.6 Å². The third-order valence-corrected chi connectivity index (χ3v) is 7.69. The highest BCUT2D eigenvalue weighted by molar-refractivity contribution is 8.00. The molecule has 3 aromatic rings. The smallest absolute Gasteiger partial charge is 0.228 e. The number of hydrogen-bond donors (Lipinski definition) is 2. The van der Waals surface area contributed by atoms with E-state index in [-0.39, 0.29) is 29.7 Å². The number of aliphatic hydroxyl groups is 1. The quantitative estimate of drug-likeness (QED) is 0.500. The number of hydrogen-bond acceptors (Lipinski definition) is 4. The van der Waals surface area contributed by atoms with Gasteiger partial charge in [-0.2, -0.15) is 0 Å². The van der Waals surface area contributed by atoms with E-state index >= 15 is 0 Å². The highest BCUT2D eigenvalue weighted by Crippen LogP contribution is 2.41. The van der Waals surface area contributed by atoms with E-state index in [0.29, 0.717) is 6.42 Å². The number of thioether (sulfide) groups is 1. The van der Waals surface area contributed by atoms with E-state index in [1.54, 1.807) is 11.8 Å². The molecule has 0 radical (unpaired) electrons. The molecular formula is C27H30N2O2S. The maximum Gasteiger partial charge on any atom is 0.228 e. The van der Waals surface area contributed by atoms with Crippen molar-refractivity contribution < 1.29 is 9.90 Å². The maximum absolute atomic E-state index is 13.2. The molecule has 1 aliphatic rings. The van der Waals surface area contributed by atoms with Gasteiger partial charge in [0.15, 0.2) is 0 Å². The largest absolute Gasteiger partial charge is 0.396 e. The average molecular weight is 447 g/mol. The van der Waals surface area contributed by atoms with Crippen molar-refractivity contribution in [1.82, 2.24) is 4.90 Å². The van der Waals surface area contributed by atoms with Crippen LogP contribution in [0.4, 0.5) is 5.69 Å². The fourth-order valence-electron chi connectivity index (χ4n) is 4.33. The predicted molar refractivity (Wildman–Crippen MR) is 132 cm³/mol. The van der Waals surface area contributed by atoms with Gasteiger partial charge >= 0.3 is 0 Å². The zero-order chi connectivity index (χ0) is 22.3. The Morgan fingerprint density at radius 3 is 2.06 bits per heavy atom. The Kier molecular flexibility index (Phi) is 7.63. The molecule has 1 heterocycles. The summed E-state index contributed by atoms with van der Waals surface area (Å²) in [5.74, 6) is -0.283. The zero-order valence-electron chi connectivity index (χ0n) is 18.4. The minimum atomic E-state index is -0.276. The summed E-state index contributed by atoms with van der Waals surface area (Å²) in [4.78, 5) is 16.7. The normalized spacial score (nSPS) is 19.2. The first-order valence-electron chi connectivity index (χ1n) is 11.1. The summed E-state index contributed by atoms with van der Waals surface area (Å²) < 4.78 is 0. The average Bonchev–Trinajstić information content (AvgIpc) is 2.96. The van der Waals surface area contributed by atoms with Crippen LogP contribution in [0.1, 0.15) is 24.5 Å². The van der Waals surface area contributed by atoms with Crippen molar-refractivity contribution in [3.05, 3.63) is 96.1 Å². The van der Waals surface area contributed by atoms with Crippen molar-refractivity contribution >= 4 is 23.4 Å². The Labute approximate surface area is 194 Å². The first kappa shape index (κ1) is 22.6. The molecule has 4 rings (SSSR count). The fourth-order valence-corrected chi connectivity index (χ4v) is 5.82. The summed E-state index contributed by atoms with van der Waals surface area (Å²) in [6.45, 7) is 3.80. The highest BCUT2D eigenvalue weighted by Gasteiger charge is 2.38. The second-order valence-electron chi connectivity index (χ2n) is 8.30. The van der Waals surface area contributed by atoms with Crippen molar-refractivity contribution in [1.29, 1.82) is 0 Å². The molecule has 0 unspecified atom stereocenters. The van der Waals surface area contributed by atoms with Crippen molar-refractivity contribution in [3.63, 3.8) is 0 Å². The van der Waals surface area contributed by atoms with Gasteiger partial charge in [-0.25, -0.2) is 0 Å². The Hall–Kier alpha value is -2.60. The Bertz CT molecular complexity index is 971. The lowest BCUT2D eigenvalue weighted by molar-refractivity contribution is -0.120. The van der Waals surface area contributed by atoms with Gasteiger partial charge in [0.05, 0.1) is 11.6 Å². The fraction of sp³-hybridized carbons (Fsp3) is 0.296. The van der Waals surface area contributed by atoms with E-state index < -0.39 is 0 Å². The number of nitrogens with one attached hydrogen (secondary N) is 1. The molecule has 3 aromatic carbocycles. The van der Waals surface area contributed by atoms with Gasteiger partial charge in [0.1, 0.15) is 0 Å². The van der Waals surface area contributed by atoms with Crippen LogP contribution < -0.4 is 5.32 Å². The molecule has 4 nitrogen and oxygen atoms in total. The molecule has 5 heteroatoms. The van der Waals surface area contributed by atoms with Gasteiger partial charge < -0.3 is 10.4 Å². The van der Waals surface area contributed by atoms with Gasteiger partial charge in [0, 0.05) is 35.9 Å². The van der Waals surface area contributed by atoms with Crippen LogP contribution in [-0.2, 0) is 17.9 Å². The molecule has 0 bridgehead atoms. The summed E-state index contributed by atoms with van der Waals surface area (Å²) in [5, 5.41) is 12.9. The first-order chi connectivity index (χ1) is 15.7. The molecule has 0 aliphatic carbocycles. The first-order valence-corrected chi connectivity index (χ1v) is 12.0. The van der Waals surface area contributed by atoms with Crippen LogP contribution in [0.15, 0.2) is 89.8 Å². The van der Waals surface area contributed by atoms with E-state index in [4.69, 9.17) is 0 Å². The number of aliphatic hydroxyl groups excluding tert-OH is 1. The van der Waals surface area contributed by atoms with Crippen LogP contribution in [0.25, 0.3) is 0 Å². The molecule has 0 spiro atoms. The summed E-state index contributed by atoms with van der Waals surface area (Å²) >= 11 is 1.75. The van der Waals surface area contributed by atoms with Crippen LogP contribution in [0.2, 0.25) is 0 Å². The maximum atomic E-state index is 13.2. The molecule has 0 saturated carbocycles. The number of rotatable bonds is 8. The number of carbonyl (C=O) groups excluding carboxylic acids is 1. The Morgan fingerprint density at radius 2 is 1.47 bits per heavy atom. The lowest BCUT2D eigenvalue weighted by atomic mass is 9.94. The van der Waals surface area contributed by atoms with Crippen molar-refractivity contribution in [2.45, 2.75) is 42.6 Å². The Morgan fingerprint density at radius 1 is 0.906 bits per heavy atom. The van der Waals surface area contributed by atoms with E-state index in [1.807, 2.05) is 30.3 Å². The summed E-state index contributed by atoms with van der Waals surface area (Å²) in [5.41, 5.74) is 3.35. The van der Waals surface area contributed by atoms with Crippen molar-refractivity contribution in [2.24, 2.45) is 5.92 Å². The van der Waals surface area contributed by atoms with Crippen molar-refractivity contribution in [2.75, 3.05) is 11.9 Å². The molecule has 166 valence electrons. The van der Waals surface area contributed by atoms with Gasteiger partial charge in [-0.15, -0.1) is 11.8 Å². The van der Waals surface area contributed by atoms with Gasteiger partial charge in [0.2, 0.25) is 5.91 Å². The third kappa shape index (κ3) is 5.41. The molecule has 1 amide bonds. The molecule has 0 saturated heterocycles. The summed E-state index contributed by atoms with van der Waals surface area (Å²) in [6, 6.07) is 29.0. The van der Waals surface area contributed by atoms with E-state index in [1.165, 1.54) is 11.1 Å². The van der Waals surface area contributed by atoms with Gasteiger partial charge in [-0.05, 0) is 36.6 Å². The lowest BCUT2D eigenvalue weighted by Crippen LogP contribution is -2.45. The van der Waals surface area contributed by atoms with Gasteiger partial charge in [0.25, 0.3) is 0 Å². The number of para-hydroxylation sites is 1. The summed E-state index contributed by atoms with van der Waals surface area (Å²) in [7, 11) is 0. The van der Waals surface area contributed by atoms with Crippen LogP contribution in [0.5, 0.6) is 0 Å². The summed E-state index contributed by atoms with van der Waals surface area (Å²) in [6.07, 6.45) is 0.451. The molecule has 3 atom stereocenters. The lowest BCUT2D eigenvalue weighted by Gasteiger charge is -2.37. The SMILES string of the molecule is C[C@@H]([C@H]1Sc2ccccc2NC(=O)[C@H]1CCO)N(Cc1ccccc1)Cc1ccccc1. The monoisotopic (exact) mass is 446 g/mol. The molecule has 1 aliphatic heterocycles. The number of amides is 1. The van der Waals surface area contributed by atoms with E-state index in [0.717, 1.165) is 23.7 Å². The third-order valence-electron chi connectivity index (χ3n) is 6.09. The predicted octanol–water partition coefficient (Wildman–Crippen LogP) is 5.19. The molecule has 0 fully saturated rings. The second-order valence-corrected chi connectivity index (χ2v) is 9.52. The molecular weight excluding hydrogens is 416 g/mol. The molecule has 0 aromatic heterocycles. The molecule has 32 heavy (non-hydrogen) atoms. The highest BCUT2D eigenvalue weighted by atomic mass is 32.2. The standard InChI is InChI=1S/C27H30N2O2S/c1-20(26-23(16-17-30)27(31)28-24-14-8-9-15-25(24)32-26)29(18-21-10-4-2-5-11-21)19-22-12-6-3-7-13-22/h2-15,20,23,26,30H,16-19H2,1H3,(H,28,31)/t20-,23-,26+/m0/s1. The number of nitrogens with zero attached hydrogens (tertiary/aromatic N) is 1. The van der Waals surface area contributed by atoms with Crippen LogP contribution in [0, 0.1) is 5.92 Å². The minimum absolute atomic E-state index is 0.00438. The number of fused-ring (bicyclic) bond motifs is 1. The van der Waals surface area contributed by atoms with Crippen LogP contribution in [0.3, 0.4) is 0 Å². The van der Waals surface area contributed by atoms with Crippen LogP contribution in [-0.4, -0.2) is 33.8 Å². The van der Waals surface area contributed by atoms with Crippen LogP contribution >= 0.6 is 11.8 Å². The van der Waals surface area contributed by atoms with E-state index in [9.17, 15) is 9.90 Å². The second kappa shape index (κ2) is 10.8. The Balaban J connectivity index is 1.67.